The molecule has 1 aromatic rings. The summed E-state index contributed by atoms with van der Waals surface area (Å²) in [6.07, 6.45) is 0. The number of alkyl halides is 2. The summed E-state index contributed by atoms with van der Waals surface area (Å²) < 4.78 is 0. The summed E-state index contributed by atoms with van der Waals surface area (Å²) in [4.78, 5) is 11.1. The summed E-state index contributed by atoms with van der Waals surface area (Å²) in [6.45, 7) is 1.40. The van der Waals surface area contributed by atoms with Crippen LogP contribution in [0.4, 0.5) is 0 Å². The minimum atomic E-state index is -0.775. The summed E-state index contributed by atoms with van der Waals surface area (Å²) in [5.41, 5.74) is 1.79. The number of nitriles is 1. The van der Waals surface area contributed by atoms with Crippen LogP contribution in [0.1, 0.15) is 29.0 Å². The molecule has 1 aromatic carbocycles. The lowest BCUT2D eigenvalue weighted by Crippen LogP contribution is -2.04. The molecule has 0 amide bonds. The summed E-state index contributed by atoms with van der Waals surface area (Å²) >= 11 is 11.6. The Labute approximate surface area is 98.4 Å². The zero-order valence-corrected chi connectivity index (χ0v) is 9.64. The smallest absolute Gasteiger partial charge is 0.152 e. The van der Waals surface area contributed by atoms with Gasteiger partial charge < -0.3 is 0 Å². The monoisotopic (exact) mass is 241 g/mol. The lowest BCUT2D eigenvalue weighted by Gasteiger charge is -2.09. The van der Waals surface area contributed by atoms with Gasteiger partial charge in [-0.05, 0) is 24.1 Å². The molecule has 0 N–H and O–H groups in total. The van der Waals surface area contributed by atoms with Gasteiger partial charge in [0.1, 0.15) is 5.38 Å². The second kappa shape index (κ2) is 5.16. The lowest BCUT2D eigenvalue weighted by molar-refractivity contribution is -0.116. The van der Waals surface area contributed by atoms with Gasteiger partial charge in [0.15, 0.2) is 5.78 Å². The van der Waals surface area contributed by atoms with Crippen molar-refractivity contribution in [3.05, 3.63) is 34.9 Å². The van der Waals surface area contributed by atoms with Gasteiger partial charge in [-0.3, -0.25) is 4.79 Å². The number of ketones is 1. The van der Waals surface area contributed by atoms with Gasteiger partial charge >= 0.3 is 0 Å². The molecular formula is C11H9Cl2NO. The first-order chi connectivity index (χ1) is 7.10. The van der Waals surface area contributed by atoms with Gasteiger partial charge in [0, 0.05) is 5.88 Å². The fourth-order valence-electron chi connectivity index (χ4n) is 1.23. The minimum Gasteiger partial charge on any atom is -0.298 e. The average molecular weight is 242 g/mol. The second-order valence-electron chi connectivity index (χ2n) is 3.14. The van der Waals surface area contributed by atoms with Gasteiger partial charge in [0.25, 0.3) is 0 Å². The predicted molar refractivity (Wildman–Crippen MR) is 60.0 cm³/mol. The van der Waals surface area contributed by atoms with Crippen molar-refractivity contribution >= 4 is 29.0 Å². The summed E-state index contributed by atoms with van der Waals surface area (Å²) in [5, 5.41) is 8.08. The number of hydrogen-bond acceptors (Lipinski definition) is 2. The Kier molecular flexibility index (Phi) is 4.14. The molecule has 4 heteroatoms. The molecule has 0 saturated carbocycles. The van der Waals surface area contributed by atoms with E-state index in [1.54, 1.807) is 18.2 Å². The second-order valence-corrected chi connectivity index (χ2v) is 3.84. The molecule has 0 bridgehead atoms. The van der Waals surface area contributed by atoms with Crippen LogP contribution in [0.15, 0.2) is 18.2 Å². The SMILES string of the molecule is CC(=O)C(Cl)c1cc(CCl)ccc1C#N. The Morgan fingerprint density at radius 1 is 1.60 bits per heavy atom. The number of carbonyl (C=O) groups excluding carboxylic acids is 1. The van der Waals surface area contributed by atoms with Gasteiger partial charge in [-0.2, -0.15) is 5.26 Å². The van der Waals surface area contributed by atoms with Crippen molar-refractivity contribution in [2.24, 2.45) is 0 Å². The summed E-state index contributed by atoms with van der Waals surface area (Å²) in [7, 11) is 0. The van der Waals surface area contributed by atoms with Crippen LogP contribution in [-0.4, -0.2) is 5.78 Å². The Morgan fingerprint density at radius 3 is 2.73 bits per heavy atom. The Balaban J connectivity index is 3.24. The van der Waals surface area contributed by atoms with Crippen molar-refractivity contribution in [3.8, 4) is 6.07 Å². The van der Waals surface area contributed by atoms with E-state index in [0.29, 0.717) is 17.0 Å². The molecule has 1 unspecified atom stereocenters. The number of rotatable bonds is 3. The number of hydrogen-bond donors (Lipinski definition) is 0. The van der Waals surface area contributed by atoms with Gasteiger partial charge in [-0.25, -0.2) is 0 Å². The lowest BCUT2D eigenvalue weighted by atomic mass is 10.0. The van der Waals surface area contributed by atoms with E-state index in [9.17, 15) is 4.79 Å². The molecule has 2 nitrogen and oxygen atoms in total. The topological polar surface area (TPSA) is 40.9 Å². The number of carbonyl (C=O) groups is 1. The molecular weight excluding hydrogens is 233 g/mol. The van der Waals surface area contributed by atoms with Crippen LogP contribution in [0.2, 0.25) is 0 Å². The molecule has 0 radical (unpaired) electrons. The van der Waals surface area contributed by atoms with Gasteiger partial charge in [-0.15, -0.1) is 23.2 Å². The van der Waals surface area contributed by atoms with Crippen molar-refractivity contribution in [1.82, 2.24) is 0 Å². The zero-order chi connectivity index (χ0) is 11.4. The van der Waals surface area contributed by atoms with Crippen molar-refractivity contribution in [3.63, 3.8) is 0 Å². The van der Waals surface area contributed by atoms with Gasteiger partial charge in [0.2, 0.25) is 0 Å². The fraction of sp³-hybridized carbons (Fsp3) is 0.273. The molecule has 0 aliphatic heterocycles. The van der Waals surface area contributed by atoms with Crippen molar-refractivity contribution < 1.29 is 4.79 Å². The molecule has 1 atom stereocenters. The number of nitrogens with zero attached hydrogens (tertiary/aromatic N) is 1. The maximum atomic E-state index is 11.1. The van der Waals surface area contributed by atoms with E-state index >= 15 is 0 Å². The summed E-state index contributed by atoms with van der Waals surface area (Å²) in [5.74, 6) is 0.153. The van der Waals surface area contributed by atoms with Crippen LogP contribution in [0.5, 0.6) is 0 Å². The van der Waals surface area contributed by atoms with E-state index in [4.69, 9.17) is 28.5 Å². The quantitative estimate of drug-likeness (QED) is 0.764. The average Bonchev–Trinajstić information content (AvgIpc) is 2.27. The highest BCUT2D eigenvalue weighted by atomic mass is 35.5. The summed E-state index contributed by atoms with van der Waals surface area (Å²) in [6, 6.07) is 7.08. The first-order valence-corrected chi connectivity index (χ1v) is 5.30. The van der Waals surface area contributed by atoms with Crippen molar-refractivity contribution in [2.45, 2.75) is 18.2 Å². The minimum absolute atomic E-state index is 0.181. The molecule has 1 rings (SSSR count). The van der Waals surface area contributed by atoms with Gasteiger partial charge in [0.05, 0.1) is 11.6 Å². The first-order valence-electron chi connectivity index (χ1n) is 4.33. The van der Waals surface area contributed by atoms with E-state index in [1.165, 1.54) is 6.92 Å². The maximum absolute atomic E-state index is 11.1. The Bertz CT molecular complexity index is 423. The molecule has 0 aromatic heterocycles. The third-order valence-electron chi connectivity index (χ3n) is 2.02. The van der Waals surface area contributed by atoms with E-state index in [1.807, 2.05) is 6.07 Å². The maximum Gasteiger partial charge on any atom is 0.152 e. The molecule has 78 valence electrons. The van der Waals surface area contributed by atoms with Crippen LogP contribution >= 0.6 is 23.2 Å². The van der Waals surface area contributed by atoms with E-state index in [0.717, 1.165) is 5.56 Å². The fourth-order valence-corrected chi connectivity index (χ4v) is 1.57. The molecule has 0 fully saturated rings. The highest BCUT2D eigenvalue weighted by Gasteiger charge is 2.17. The standard InChI is InChI=1S/C11H9Cl2NO/c1-7(15)11(13)10-4-8(5-12)2-3-9(10)6-14/h2-4,11H,5H2,1H3. The molecule has 0 heterocycles. The number of halogens is 2. The molecule has 0 aliphatic rings. The van der Waals surface area contributed by atoms with Crippen LogP contribution in [-0.2, 0) is 10.7 Å². The number of Topliss-reactive ketones (excluding diaryl/α,β-unsaturated/α-hetero) is 1. The van der Waals surface area contributed by atoms with Crippen molar-refractivity contribution in [1.29, 1.82) is 5.26 Å². The highest BCUT2D eigenvalue weighted by molar-refractivity contribution is 6.31. The predicted octanol–water partition coefficient (Wildman–Crippen LogP) is 3.17. The third kappa shape index (κ3) is 2.71. The molecule has 0 saturated heterocycles. The Hall–Kier alpha value is -1.04. The van der Waals surface area contributed by atoms with E-state index in [-0.39, 0.29) is 5.78 Å². The van der Waals surface area contributed by atoms with Crippen LogP contribution in [0, 0.1) is 11.3 Å². The Morgan fingerprint density at radius 2 is 2.27 bits per heavy atom. The largest absolute Gasteiger partial charge is 0.298 e. The zero-order valence-electron chi connectivity index (χ0n) is 8.13. The first kappa shape index (κ1) is 12.0. The van der Waals surface area contributed by atoms with Crippen LogP contribution in [0.3, 0.4) is 0 Å². The molecule has 0 aliphatic carbocycles. The molecule has 0 spiro atoms. The normalized spacial score (nSPS) is 11.9. The van der Waals surface area contributed by atoms with Crippen LogP contribution in [0.25, 0.3) is 0 Å². The number of benzene rings is 1. The van der Waals surface area contributed by atoms with E-state index in [2.05, 4.69) is 0 Å². The third-order valence-corrected chi connectivity index (χ3v) is 2.87. The highest BCUT2D eigenvalue weighted by Crippen LogP contribution is 2.26. The van der Waals surface area contributed by atoms with E-state index < -0.39 is 5.38 Å². The molecule has 15 heavy (non-hydrogen) atoms. The van der Waals surface area contributed by atoms with Crippen LogP contribution < -0.4 is 0 Å². The van der Waals surface area contributed by atoms with Gasteiger partial charge in [-0.1, -0.05) is 12.1 Å². The van der Waals surface area contributed by atoms with Crippen molar-refractivity contribution in [2.75, 3.05) is 0 Å².